The molecule has 0 aliphatic heterocycles. The van der Waals surface area contributed by atoms with E-state index in [1.165, 1.54) is 12.1 Å². The van der Waals surface area contributed by atoms with E-state index in [4.69, 9.17) is 4.42 Å². The molecule has 0 spiro atoms. The van der Waals surface area contributed by atoms with Crippen molar-refractivity contribution in [3.63, 3.8) is 0 Å². The second-order valence-electron chi connectivity index (χ2n) is 4.85. The molecule has 0 saturated heterocycles. The van der Waals surface area contributed by atoms with E-state index >= 15 is 0 Å². The number of aromatic hydroxyl groups is 2. The maximum Gasteiger partial charge on any atom is 0.339 e. The monoisotopic (exact) mass is 246 g/mol. The molecule has 1 aromatic heterocycles. The molecular weight excluding hydrogens is 232 g/mol. The van der Waals surface area contributed by atoms with Crippen LogP contribution in [-0.2, 0) is 0 Å². The molecule has 0 unspecified atom stereocenters. The maximum absolute atomic E-state index is 11.9. The normalized spacial score (nSPS) is 16.4. The lowest BCUT2D eigenvalue weighted by Crippen LogP contribution is -2.10. The number of phenolic OH excluding ortho intramolecular Hbond substituents is 2. The summed E-state index contributed by atoms with van der Waals surface area (Å²) in [6, 6.07) is 4.29. The van der Waals surface area contributed by atoms with Crippen LogP contribution in [0.5, 0.6) is 11.5 Å². The third-order valence-electron chi connectivity index (χ3n) is 3.64. The smallest absolute Gasteiger partial charge is 0.339 e. The minimum absolute atomic E-state index is 0.0620. The predicted octanol–water partition coefficient (Wildman–Crippen LogP) is 2.86. The molecule has 0 radical (unpaired) electrons. The molecule has 0 bridgehead atoms. The van der Waals surface area contributed by atoms with Crippen molar-refractivity contribution in [1.82, 2.24) is 0 Å². The Hall–Kier alpha value is -1.97. The number of rotatable bonds is 1. The molecule has 1 aliphatic rings. The van der Waals surface area contributed by atoms with Gasteiger partial charge in [-0.05, 0) is 24.8 Å². The second-order valence-corrected chi connectivity index (χ2v) is 4.85. The molecule has 3 rings (SSSR count). The Bertz CT molecular complexity index is 651. The summed E-state index contributed by atoms with van der Waals surface area (Å²) in [6.07, 6.45) is 4.25. The summed E-state index contributed by atoms with van der Waals surface area (Å²) in [5.41, 5.74) is 0.500. The maximum atomic E-state index is 11.9. The van der Waals surface area contributed by atoms with E-state index < -0.39 is 0 Å². The molecule has 0 atom stereocenters. The van der Waals surface area contributed by atoms with Crippen LogP contribution in [0.2, 0.25) is 0 Å². The lowest BCUT2D eigenvalue weighted by molar-refractivity contribution is 0.450. The van der Waals surface area contributed by atoms with E-state index in [9.17, 15) is 15.0 Å². The lowest BCUT2D eigenvalue weighted by Gasteiger charge is -2.09. The zero-order chi connectivity index (χ0) is 12.7. The quantitative estimate of drug-likeness (QED) is 0.759. The molecule has 0 amide bonds. The summed E-state index contributed by atoms with van der Waals surface area (Å²) in [7, 11) is 0. The SMILES string of the molecule is O=c1oc2cc(O)cc(O)c2cc1C1CCCC1. The van der Waals surface area contributed by atoms with Crippen LogP contribution in [0.1, 0.15) is 37.2 Å². The van der Waals surface area contributed by atoms with Gasteiger partial charge < -0.3 is 14.6 Å². The fourth-order valence-electron chi connectivity index (χ4n) is 2.72. The van der Waals surface area contributed by atoms with Crippen LogP contribution in [0.25, 0.3) is 11.0 Å². The third-order valence-corrected chi connectivity index (χ3v) is 3.64. The summed E-state index contributed by atoms with van der Waals surface area (Å²) in [4.78, 5) is 11.9. The van der Waals surface area contributed by atoms with Crippen molar-refractivity contribution >= 4 is 11.0 Å². The minimum atomic E-state index is -0.362. The second kappa shape index (κ2) is 4.05. The van der Waals surface area contributed by atoms with Crippen LogP contribution < -0.4 is 5.63 Å². The molecular formula is C14H14O4. The standard InChI is InChI=1S/C14H14O4/c15-9-5-12(16)11-7-10(8-3-1-2-4-8)14(17)18-13(11)6-9/h5-8,15-16H,1-4H2. The Morgan fingerprint density at radius 2 is 1.83 bits per heavy atom. The topological polar surface area (TPSA) is 70.7 Å². The Labute approximate surface area is 103 Å². The van der Waals surface area contributed by atoms with Gasteiger partial charge in [0.15, 0.2) is 0 Å². The highest BCUT2D eigenvalue weighted by molar-refractivity contribution is 5.85. The number of hydrogen-bond donors (Lipinski definition) is 2. The van der Waals surface area contributed by atoms with Gasteiger partial charge in [-0.2, -0.15) is 0 Å². The molecule has 2 N–H and O–H groups in total. The lowest BCUT2D eigenvalue weighted by atomic mass is 9.98. The largest absolute Gasteiger partial charge is 0.508 e. The van der Waals surface area contributed by atoms with Crippen molar-refractivity contribution in [2.24, 2.45) is 0 Å². The molecule has 1 aromatic carbocycles. The minimum Gasteiger partial charge on any atom is -0.508 e. The molecule has 4 nitrogen and oxygen atoms in total. The van der Waals surface area contributed by atoms with Gasteiger partial charge in [0.25, 0.3) is 0 Å². The average molecular weight is 246 g/mol. The van der Waals surface area contributed by atoms with Gasteiger partial charge in [0.05, 0.1) is 5.39 Å². The zero-order valence-corrected chi connectivity index (χ0v) is 9.85. The van der Waals surface area contributed by atoms with E-state index in [0.717, 1.165) is 25.7 Å². The van der Waals surface area contributed by atoms with Crippen LogP contribution in [0.4, 0.5) is 0 Å². The highest BCUT2D eigenvalue weighted by atomic mass is 16.4. The van der Waals surface area contributed by atoms with Crippen molar-refractivity contribution in [2.75, 3.05) is 0 Å². The summed E-state index contributed by atoms with van der Waals surface area (Å²) >= 11 is 0. The van der Waals surface area contributed by atoms with Gasteiger partial charge in [-0.1, -0.05) is 12.8 Å². The van der Waals surface area contributed by atoms with Gasteiger partial charge in [-0.25, -0.2) is 4.79 Å². The molecule has 1 aliphatic carbocycles. The van der Waals surface area contributed by atoms with E-state index in [-0.39, 0.29) is 28.6 Å². The van der Waals surface area contributed by atoms with Crippen molar-refractivity contribution in [3.8, 4) is 11.5 Å². The average Bonchev–Trinajstić information content (AvgIpc) is 2.81. The van der Waals surface area contributed by atoms with Gasteiger partial charge in [0.1, 0.15) is 17.1 Å². The van der Waals surface area contributed by atoms with Crippen molar-refractivity contribution < 1.29 is 14.6 Å². The Morgan fingerprint density at radius 1 is 1.11 bits per heavy atom. The van der Waals surface area contributed by atoms with Gasteiger partial charge >= 0.3 is 5.63 Å². The van der Waals surface area contributed by atoms with E-state index in [1.807, 2.05) is 0 Å². The number of fused-ring (bicyclic) bond motifs is 1. The highest BCUT2D eigenvalue weighted by Gasteiger charge is 2.22. The van der Waals surface area contributed by atoms with Gasteiger partial charge in [-0.3, -0.25) is 0 Å². The zero-order valence-electron chi connectivity index (χ0n) is 9.85. The summed E-state index contributed by atoms with van der Waals surface area (Å²) < 4.78 is 5.19. The van der Waals surface area contributed by atoms with Gasteiger partial charge in [-0.15, -0.1) is 0 Å². The fraction of sp³-hybridized carbons (Fsp3) is 0.357. The van der Waals surface area contributed by atoms with E-state index in [0.29, 0.717) is 10.9 Å². The van der Waals surface area contributed by atoms with Crippen LogP contribution in [0.3, 0.4) is 0 Å². The molecule has 18 heavy (non-hydrogen) atoms. The summed E-state index contributed by atoms with van der Waals surface area (Å²) in [6.45, 7) is 0. The van der Waals surface area contributed by atoms with E-state index in [1.54, 1.807) is 6.07 Å². The van der Waals surface area contributed by atoms with Crippen molar-refractivity contribution in [1.29, 1.82) is 0 Å². The first-order valence-corrected chi connectivity index (χ1v) is 6.15. The Balaban J connectivity index is 2.22. The Morgan fingerprint density at radius 3 is 2.56 bits per heavy atom. The van der Waals surface area contributed by atoms with E-state index in [2.05, 4.69) is 0 Å². The van der Waals surface area contributed by atoms with Crippen LogP contribution >= 0.6 is 0 Å². The van der Waals surface area contributed by atoms with Gasteiger partial charge in [0.2, 0.25) is 0 Å². The van der Waals surface area contributed by atoms with Crippen LogP contribution in [0, 0.1) is 0 Å². The molecule has 1 fully saturated rings. The Kier molecular flexibility index (Phi) is 2.51. The van der Waals surface area contributed by atoms with Gasteiger partial charge in [0, 0.05) is 17.7 Å². The molecule has 1 heterocycles. The fourth-order valence-corrected chi connectivity index (χ4v) is 2.72. The highest BCUT2D eigenvalue weighted by Crippen LogP contribution is 2.36. The predicted molar refractivity (Wildman–Crippen MR) is 67.0 cm³/mol. The number of hydrogen-bond acceptors (Lipinski definition) is 4. The molecule has 94 valence electrons. The summed E-state index contributed by atoms with van der Waals surface area (Å²) in [5.74, 6) is 0.0589. The first-order chi connectivity index (χ1) is 8.65. The molecule has 1 saturated carbocycles. The third kappa shape index (κ3) is 1.74. The summed E-state index contributed by atoms with van der Waals surface area (Å²) in [5, 5.41) is 19.6. The number of phenols is 2. The molecule has 4 heteroatoms. The molecule has 2 aromatic rings. The van der Waals surface area contributed by atoms with Crippen molar-refractivity contribution in [2.45, 2.75) is 31.6 Å². The van der Waals surface area contributed by atoms with Crippen molar-refractivity contribution in [3.05, 3.63) is 34.2 Å². The first kappa shape index (κ1) is 11.1. The first-order valence-electron chi connectivity index (χ1n) is 6.15. The van der Waals surface area contributed by atoms with Crippen LogP contribution in [-0.4, -0.2) is 10.2 Å². The van der Waals surface area contributed by atoms with Crippen LogP contribution in [0.15, 0.2) is 27.4 Å². The number of benzene rings is 1.